The standard InChI is InChI=1S/C16H30N2S/c1-13(2)15-10-17-16(7-3-4-8-16)12-18(15)11-14-6-5-9-19-14/h13-15,17H,3-12H2,1-2H3. The highest BCUT2D eigenvalue weighted by molar-refractivity contribution is 8.00. The second-order valence-electron chi connectivity index (χ2n) is 7.24. The first-order chi connectivity index (χ1) is 9.19. The van der Waals surface area contributed by atoms with E-state index >= 15 is 0 Å². The average Bonchev–Trinajstić information content (AvgIpc) is 3.01. The first-order valence-electron chi connectivity index (χ1n) is 8.29. The minimum Gasteiger partial charge on any atom is -0.308 e. The lowest BCUT2D eigenvalue weighted by Gasteiger charge is -2.48. The van der Waals surface area contributed by atoms with E-state index in [0.29, 0.717) is 5.54 Å². The minimum atomic E-state index is 0.481. The van der Waals surface area contributed by atoms with Crippen LogP contribution in [0.25, 0.3) is 0 Å². The molecule has 0 amide bonds. The number of rotatable bonds is 3. The summed E-state index contributed by atoms with van der Waals surface area (Å²) in [6.45, 7) is 8.67. The summed E-state index contributed by atoms with van der Waals surface area (Å²) >= 11 is 2.22. The normalized spacial score (nSPS) is 35.5. The molecule has 2 nitrogen and oxygen atoms in total. The number of nitrogens with zero attached hydrogens (tertiary/aromatic N) is 1. The highest BCUT2D eigenvalue weighted by Crippen LogP contribution is 2.36. The van der Waals surface area contributed by atoms with Gasteiger partial charge in [0.1, 0.15) is 0 Å². The summed E-state index contributed by atoms with van der Waals surface area (Å²) in [7, 11) is 0. The zero-order valence-electron chi connectivity index (χ0n) is 12.7. The number of piperazine rings is 1. The molecule has 0 aromatic rings. The Morgan fingerprint density at radius 1 is 1.26 bits per heavy atom. The molecule has 3 rings (SSSR count). The molecule has 3 heteroatoms. The summed E-state index contributed by atoms with van der Waals surface area (Å²) in [6.07, 6.45) is 8.58. The van der Waals surface area contributed by atoms with Gasteiger partial charge in [0.2, 0.25) is 0 Å². The van der Waals surface area contributed by atoms with Gasteiger partial charge in [-0.05, 0) is 37.4 Å². The maximum atomic E-state index is 3.93. The van der Waals surface area contributed by atoms with Crippen LogP contribution in [-0.4, -0.2) is 47.1 Å². The molecule has 2 unspecified atom stereocenters. The molecule has 0 radical (unpaired) electrons. The van der Waals surface area contributed by atoms with E-state index in [-0.39, 0.29) is 0 Å². The van der Waals surface area contributed by atoms with Crippen LogP contribution >= 0.6 is 11.8 Å². The predicted molar refractivity (Wildman–Crippen MR) is 84.9 cm³/mol. The molecule has 110 valence electrons. The minimum absolute atomic E-state index is 0.481. The largest absolute Gasteiger partial charge is 0.308 e. The van der Waals surface area contributed by atoms with Crippen LogP contribution < -0.4 is 5.32 Å². The van der Waals surface area contributed by atoms with Gasteiger partial charge in [-0.1, -0.05) is 26.7 Å². The number of nitrogens with one attached hydrogen (secondary N) is 1. The molecule has 1 N–H and O–H groups in total. The zero-order valence-corrected chi connectivity index (χ0v) is 13.5. The van der Waals surface area contributed by atoms with Gasteiger partial charge in [0.15, 0.2) is 0 Å². The Bertz CT molecular complexity index is 293. The quantitative estimate of drug-likeness (QED) is 0.856. The average molecular weight is 282 g/mol. The highest BCUT2D eigenvalue weighted by Gasteiger charge is 2.42. The number of thioether (sulfide) groups is 1. The molecule has 19 heavy (non-hydrogen) atoms. The molecule has 1 spiro atoms. The van der Waals surface area contributed by atoms with Crippen molar-refractivity contribution in [3.63, 3.8) is 0 Å². The third-order valence-electron chi connectivity index (χ3n) is 5.45. The summed E-state index contributed by atoms with van der Waals surface area (Å²) in [5, 5.41) is 4.85. The lowest BCUT2D eigenvalue weighted by atomic mass is 9.89. The Hall–Kier alpha value is 0.270. The van der Waals surface area contributed by atoms with Crippen molar-refractivity contribution in [3.05, 3.63) is 0 Å². The number of hydrogen-bond acceptors (Lipinski definition) is 3. The molecule has 0 bridgehead atoms. The Morgan fingerprint density at radius 2 is 2.05 bits per heavy atom. The Morgan fingerprint density at radius 3 is 2.68 bits per heavy atom. The van der Waals surface area contributed by atoms with Crippen molar-refractivity contribution in [2.75, 3.05) is 25.4 Å². The monoisotopic (exact) mass is 282 g/mol. The number of hydrogen-bond donors (Lipinski definition) is 1. The van der Waals surface area contributed by atoms with Gasteiger partial charge in [0, 0.05) is 36.5 Å². The van der Waals surface area contributed by atoms with Crippen LogP contribution in [0.5, 0.6) is 0 Å². The first kappa shape index (κ1) is 14.2. The van der Waals surface area contributed by atoms with Crippen LogP contribution in [0.1, 0.15) is 52.4 Å². The highest BCUT2D eigenvalue weighted by atomic mass is 32.2. The molecule has 2 aliphatic heterocycles. The molecule has 1 aliphatic carbocycles. The second-order valence-corrected chi connectivity index (χ2v) is 8.65. The molecule has 2 heterocycles. The first-order valence-corrected chi connectivity index (χ1v) is 9.34. The van der Waals surface area contributed by atoms with Gasteiger partial charge in [-0.25, -0.2) is 0 Å². The summed E-state index contributed by atoms with van der Waals surface area (Å²) < 4.78 is 0. The Balaban J connectivity index is 1.66. The Kier molecular flexibility index (Phi) is 4.45. The van der Waals surface area contributed by atoms with Crippen LogP contribution in [0, 0.1) is 5.92 Å². The van der Waals surface area contributed by atoms with Gasteiger partial charge < -0.3 is 5.32 Å². The summed E-state index contributed by atoms with van der Waals surface area (Å²) in [5.74, 6) is 2.17. The van der Waals surface area contributed by atoms with Crippen LogP contribution in [0.2, 0.25) is 0 Å². The predicted octanol–water partition coefficient (Wildman–Crippen LogP) is 3.12. The maximum absolute atomic E-state index is 3.93. The molecule has 2 saturated heterocycles. The van der Waals surface area contributed by atoms with E-state index in [0.717, 1.165) is 17.2 Å². The van der Waals surface area contributed by atoms with Crippen molar-refractivity contribution < 1.29 is 0 Å². The molecule has 3 fully saturated rings. The lowest BCUT2D eigenvalue weighted by molar-refractivity contribution is 0.0574. The van der Waals surface area contributed by atoms with Crippen molar-refractivity contribution in [2.45, 2.75) is 69.2 Å². The van der Waals surface area contributed by atoms with E-state index in [9.17, 15) is 0 Å². The topological polar surface area (TPSA) is 15.3 Å². The fourth-order valence-corrected chi connectivity index (χ4v) is 5.60. The van der Waals surface area contributed by atoms with E-state index < -0.39 is 0 Å². The summed E-state index contributed by atoms with van der Waals surface area (Å²) in [4.78, 5) is 2.86. The van der Waals surface area contributed by atoms with E-state index in [2.05, 4.69) is 35.8 Å². The molecular formula is C16H30N2S. The van der Waals surface area contributed by atoms with E-state index in [1.165, 1.54) is 63.9 Å². The molecule has 0 aromatic carbocycles. The van der Waals surface area contributed by atoms with Crippen molar-refractivity contribution in [2.24, 2.45) is 5.92 Å². The molecule has 2 atom stereocenters. The van der Waals surface area contributed by atoms with Crippen LogP contribution in [0.3, 0.4) is 0 Å². The maximum Gasteiger partial charge on any atom is 0.0309 e. The van der Waals surface area contributed by atoms with Gasteiger partial charge in [0.25, 0.3) is 0 Å². The molecule has 0 aromatic heterocycles. The Labute approximate surface area is 123 Å². The molecule has 1 saturated carbocycles. The third kappa shape index (κ3) is 3.14. The molecular weight excluding hydrogens is 252 g/mol. The van der Waals surface area contributed by atoms with Gasteiger partial charge in [-0.3, -0.25) is 4.90 Å². The molecule has 3 aliphatic rings. The second kappa shape index (κ2) is 5.95. The van der Waals surface area contributed by atoms with Crippen LogP contribution in [0.15, 0.2) is 0 Å². The summed E-state index contributed by atoms with van der Waals surface area (Å²) in [5.41, 5.74) is 0.481. The van der Waals surface area contributed by atoms with E-state index in [1.54, 1.807) is 0 Å². The SMILES string of the molecule is CC(C)C1CNC2(CCCC2)CN1CC1CCCS1. The van der Waals surface area contributed by atoms with Crippen LogP contribution in [-0.2, 0) is 0 Å². The van der Waals surface area contributed by atoms with Gasteiger partial charge in [0.05, 0.1) is 0 Å². The lowest BCUT2D eigenvalue weighted by Crippen LogP contribution is -2.65. The van der Waals surface area contributed by atoms with Crippen molar-refractivity contribution in [3.8, 4) is 0 Å². The van der Waals surface area contributed by atoms with Gasteiger partial charge >= 0.3 is 0 Å². The van der Waals surface area contributed by atoms with E-state index in [1.807, 2.05) is 0 Å². The zero-order chi connectivity index (χ0) is 13.3. The van der Waals surface area contributed by atoms with Gasteiger partial charge in [-0.2, -0.15) is 11.8 Å². The fraction of sp³-hybridized carbons (Fsp3) is 1.00. The third-order valence-corrected chi connectivity index (χ3v) is 6.83. The van der Waals surface area contributed by atoms with Crippen molar-refractivity contribution in [1.82, 2.24) is 10.2 Å². The van der Waals surface area contributed by atoms with Gasteiger partial charge in [-0.15, -0.1) is 0 Å². The van der Waals surface area contributed by atoms with Crippen molar-refractivity contribution >= 4 is 11.8 Å². The van der Waals surface area contributed by atoms with Crippen molar-refractivity contribution in [1.29, 1.82) is 0 Å². The smallest absolute Gasteiger partial charge is 0.0309 e. The summed E-state index contributed by atoms with van der Waals surface area (Å²) in [6, 6.07) is 0.757. The van der Waals surface area contributed by atoms with E-state index in [4.69, 9.17) is 0 Å². The fourth-order valence-electron chi connectivity index (χ4n) is 4.31. The van der Waals surface area contributed by atoms with Crippen LogP contribution in [0.4, 0.5) is 0 Å².